The molecule has 1 aromatic heterocycles. The molecule has 0 bridgehead atoms. The summed E-state index contributed by atoms with van der Waals surface area (Å²) in [4.78, 5) is 15.6. The second-order valence-electron chi connectivity index (χ2n) is 5.05. The lowest BCUT2D eigenvalue weighted by molar-refractivity contribution is 0.0701. The standard InChI is InChI=1S/C15H16N2O2S/c1-9-13(14(18)19)20-15(16-9)17-12-7-6-10-4-2-3-5-11(10)8-12/h6-8H,2-5H2,1H3,(H,16,17)(H,18,19). The summed E-state index contributed by atoms with van der Waals surface area (Å²) in [5.74, 6) is -0.918. The third kappa shape index (κ3) is 2.54. The predicted octanol–water partition coefficient (Wildman–Crippen LogP) is 3.77. The Kier molecular flexibility index (Phi) is 3.44. The molecule has 0 saturated heterocycles. The first kappa shape index (κ1) is 13.1. The van der Waals surface area contributed by atoms with Crippen molar-refractivity contribution >= 4 is 28.1 Å². The number of carboxylic acids is 1. The van der Waals surface area contributed by atoms with Crippen LogP contribution in [0.4, 0.5) is 10.8 Å². The van der Waals surface area contributed by atoms with E-state index in [9.17, 15) is 4.79 Å². The molecule has 1 aliphatic rings. The van der Waals surface area contributed by atoms with Gasteiger partial charge in [0.25, 0.3) is 0 Å². The Morgan fingerprint density at radius 1 is 1.30 bits per heavy atom. The number of aromatic carboxylic acids is 1. The number of nitrogens with zero attached hydrogens (tertiary/aromatic N) is 1. The zero-order chi connectivity index (χ0) is 14.1. The van der Waals surface area contributed by atoms with Crippen LogP contribution in [-0.2, 0) is 12.8 Å². The summed E-state index contributed by atoms with van der Waals surface area (Å²) < 4.78 is 0. The second-order valence-corrected chi connectivity index (χ2v) is 6.05. The van der Waals surface area contributed by atoms with E-state index in [1.807, 2.05) is 6.07 Å². The van der Waals surface area contributed by atoms with E-state index < -0.39 is 5.97 Å². The molecule has 1 aliphatic carbocycles. The highest BCUT2D eigenvalue weighted by molar-refractivity contribution is 7.17. The molecule has 20 heavy (non-hydrogen) atoms. The van der Waals surface area contributed by atoms with Crippen LogP contribution in [0, 0.1) is 6.92 Å². The van der Waals surface area contributed by atoms with E-state index in [1.165, 1.54) is 35.3 Å². The van der Waals surface area contributed by atoms with Gasteiger partial charge in [0.05, 0.1) is 5.69 Å². The van der Waals surface area contributed by atoms with Crippen molar-refractivity contribution in [3.05, 3.63) is 39.9 Å². The number of nitrogens with one attached hydrogen (secondary N) is 1. The number of benzene rings is 1. The second kappa shape index (κ2) is 5.25. The van der Waals surface area contributed by atoms with E-state index in [4.69, 9.17) is 5.11 Å². The van der Waals surface area contributed by atoms with Gasteiger partial charge in [0.2, 0.25) is 0 Å². The number of anilines is 2. The smallest absolute Gasteiger partial charge is 0.347 e. The summed E-state index contributed by atoms with van der Waals surface area (Å²) in [7, 11) is 0. The van der Waals surface area contributed by atoms with Gasteiger partial charge < -0.3 is 10.4 Å². The van der Waals surface area contributed by atoms with E-state index in [1.54, 1.807) is 6.92 Å². The monoisotopic (exact) mass is 288 g/mol. The molecule has 104 valence electrons. The van der Waals surface area contributed by atoms with Crippen LogP contribution in [0.5, 0.6) is 0 Å². The number of aryl methyl sites for hydroxylation is 3. The normalized spacial score (nSPS) is 13.8. The molecule has 2 N–H and O–H groups in total. The number of rotatable bonds is 3. The topological polar surface area (TPSA) is 62.2 Å². The van der Waals surface area contributed by atoms with Gasteiger partial charge in [-0.25, -0.2) is 9.78 Å². The van der Waals surface area contributed by atoms with Crippen molar-refractivity contribution in [3.63, 3.8) is 0 Å². The van der Waals surface area contributed by atoms with Crippen molar-refractivity contribution in [2.45, 2.75) is 32.6 Å². The lowest BCUT2D eigenvalue weighted by Crippen LogP contribution is -2.03. The summed E-state index contributed by atoms with van der Waals surface area (Å²) in [6.07, 6.45) is 4.81. The molecular weight excluding hydrogens is 272 g/mol. The van der Waals surface area contributed by atoms with E-state index in [-0.39, 0.29) is 0 Å². The first-order chi connectivity index (χ1) is 9.63. The summed E-state index contributed by atoms with van der Waals surface area (Å²) in [5, 5.41) is 12.9. The molecule has 0 radical (unpaired) electrons. The first-order valence-electron chi connectivity index (χ1n) is 6.73. The van der Waals surface area contributed by atoms with Gasteiger partial charge in [-0.1, -0.05) is 17.4 Å². The first-order valence-corrected chi connectivity index (χ1v) is 7.54. The van der Waals surface area contributed by atoms with Crippen LogP contribution in [0.25, 0.3) is 0 Å². The summed E-state index contributed by atoms with van der Waals surface area (Å²) in [6, 6.07) is 6.36. The van der Waals surface area contributed by atoms with Crippen LogP contribution in [0.3, 0.4) is 0 Å². The lowest BCUT2D eigenvalue weighted by atomic mass is 9.91. The molecule has 0 atom stereocenters. The minimum absolute atomic E-state index is 0.297. The minimum Gasteiger partial charge on any atom is -0.477 e. The van der Waals surface area contributed by atoms with E-state index in [2.05, 4.69) is 22.4 Å². The molecule has 0 unspecified atom stereocenters. The highest BCUT2D eigenvalue weighted by Gasteiger charge is 2.15. The summed E-state index contributed by atoms with van der Waals surface area (Å²) >= 11 is 1.18. The number of thiazole rings is 1. The number of fused-ring (bicyclic) bond motifs is 1. The molecule has 0 saturated carbocycles. The molecule has 3 rings (SSSR count). The molecule has 0 aliphatic heterocycles. The fourth-order valence-corrected chi connectivity index (χ4v) is 3.41. The Morgan fingerprint density at radius 2 is 2.05 bits per heavy atom. The van der Waals surface area contributed by atoms with Gasteiger partial charge >= 0.3 is 5.97 Å². The quantitative estimate of drug-likeness (QED) is 0.902. The highest BCUT2D eigenvalue weighted by atomic mass is 32.1. The number of hydrogen-bond acceptors (Lipinski definition) is 4. The maximum absolute atomic E-state index is 11.0. The average Bonchev–Trinajstić information content (AvgIpc) is 2.79. The van der Waals surface area contributed by atoms with Gasteiger partial charge in [0, 0.05) is 5.69 Å². The molecule has 0 fully saturated rings. The Labute approximate surface area is 121 Å². The maximum Gasteiger partial charge on any atom is 0.347 e. The molecule has 0 spiro atoms. The Hall–Kier alpha value is -1.88. The van der Waals surface area contributed by atoms with Crippen LogP contribution >= 0.6 is 11.3 Å². The third-order valence-corrected chi connectivity index (χ3v) is 4.65. The van der Waals surface area contributed by atoms with Gasteiger partial charge in [-0.2, -0.15) is 0 Å². The highest BCUT2D eigenvalue weighted by Crippen LogP contribution is 2.29. The molecule has 5 heteroatoms. The molecule has 4 nitrogen and oxygen atoms in total. The van der Waals surface area contributed by atoms with Crippen molar-refractivity contribution < 1.29 is 9.90 Å². The number of aromatic nitrogens is 1. The Balaban J connectivity index is 1.84. The zero-order valence-corrected chi connectivity index (χ0v) is 12.1. The van der Waals surface area contributed by atoms with Crippen LogP contribution in [-0.4, -0.2) is 16.1 Å². The molecule has 0 amide bonds. The number of carboxylic acid groups (broad SMARTS) is 1. The summed E-state index contributed by atoms with van der Waals surface area (Å²) in [5.41, 5.74) is 4.37. The average molecular weight is 288 g/mol. The maximum atomic E-state index is 11.0. The van der Waals surface area contributed by atoms with Gasteiger partial charge in [0.15, 0.2) is 5.13 Å². The van der Waals surface area contributed by atoms with Crippen molar-refractivity contribution in [2.75, 3.05) is 5.32 Å². The molecular formula is C15H16N2O2S. The van der Waals surface area contributed by atoms with Crippen molar-refractivity contribution in [1.82, 2.24) is 4.98 Å². The number of hydrogen-bond donors (Lipinski definition) is 2. The fraction of sp³-hybridized carbons (Fsp3) is 0.333. The molecule has 1 aromatic carbocycles. The largest absolute Gasteiger partial charge is 0.477 e. The zero-order valence-electron chi connectivity index (χ0n) is 11.3. The van der Waals surface area contributed by atoms with Crippen LogP contribution in [0.1, 0.15) is 39.3 Å². The fourth-order valence-electron chi connectivity index (χ4n) is 2.58. The van der Waals surface area contributed by atoms with Crippen molar-refractivity contribution in [3.8, 4) is 0 Å². The Morgan fingerprint density at radius 3 is 2.75 bits per heavy atom. The third-order valence-electron chi connectivity index (χ3n) is 3.59. The van der Waals surface area contributed by atoms with Crippen LogP contribution in [0.15, 0.2) is 18.2 Å². The number of carbonyl (C=O) groups is 1. The van der Waals surface area contributed by atoms with Gasteiger partial charge in [0.1, 0.15) is 4.88 Å². The van der Waals surface area contributed by atoms with E-state index in [0.717, 1.165) is 18.5 Å². The minimum atomic E-state index is -0.918. The van der Waals surface area contributed by atoms with Crippen molar-refractivity contribution in [2.24, 2.45) is 0 Å². The van der Waals surface area contributed by atoms with Crippen LogP contribution < -0.4 is 5.32 Å². The van der Waals surface area contributed by atoms with E-state index in [0.29, 0.717) is 15.7 Å². The molecule has 2 aromatic rings. The van der Waals surface area contributed by atoms with E-state index >= 15 is 0 Å². The SMILES string of the molecule is Cc1nc(Nc2ccc3c(c2)CCCC3)sc1C(=O)O. The van der Waals surface area contributed by atoms with Crippen molar-refractivity contribution in [1.29, 1.82) is 0 Å². The van der Waals surface area contributed by atoms with Gasteiger partial charge in [-0.05, 0) is 55.9 Å². The Bertz CT molecular complexity index is 664. The predicted molar refractivity (Wildman–Crippen MR) is 80.2 cm³/mol. The van der Waals surface area contributed by atoms with Gasteiger partial charge in [-0.3, -0.25) is 0 Å². The summed E-state index contributed by atoms with van der Waals surface area (Å²) in [6.45, 7) is 1.72. The van der Waals surface area contributed by atoms with Crippen LogP contribution in [0.2, 0.25) is 0 Å². The van der Waals surface area contributed by atoms with Gasteiger partial charge in [-0.15, -0.1) is 0 Å². The molecule has 1 heterocycles. The lowest BCUT2D eigenvalue weighted by Gasteiger charge is -2.16.